The van der Waals surface area contributed by atoms with Crippen molar-refractivity contribution in [1.82, 2.24) is 19.8 Å². The molecule has 3 aromatic rings. The summed E-state index contributed by atoms with van der Waals surface area (Å²) in [5.41, 5.74) is 3.30. The minimum Gasteiger partial charge on any atom is -0.465 e. The Kier molecular flexibility index (Phi) is 6.29. The highest BCUT2D eigenvalue weighted by Gasteiger charge is 2.41. The van der Waals surface area contributed by atoms with Crippen molar-refractivity contribution in [2.45, 2.75) is 12.1 Å². The maximum absolute atomic E-state index is 12.0. The molecule has 0 radical (unpaired) electrons. The van der Waals surface area contributed by atoms with Gasteiger partial charge in [0.15, 0.2) is 5.11 Å². The average Bonchev–Trinajstić information content (AvgIpc) is 3.42. The van der Waals surface area contributed by atoms with Gasteiger partial charge < -0.3 is 24.3 Å². The zero-order valence-corrected chi connectivity index (χ0v) is 18.2. The van der Waals surface area contributed by atoms with Gasteiger partial charge in [-0.2, -0.15) is 0 Å². The van der Waals surface area contributed by atoms with E-state index in [1.165, 1.54) is 7.11 Å². The van der Waals surface area contributed by atoms with E-state index in [1.807, 2.05) is 48.7 Å². The molecular formula is C23H24N4O3S. The Bertz CT molecular complexity index is 1070. The van der Waals surface area contributed by atoms with Gasteiger partial charge in [-0.05, 0) is 54.7 Å². The lowest BCUT2D eigenvalue weighted by Crippen LogP contribution is -2.33. The summed E-state index contributed by atoms with van der Waals surface area (Å²) in [6.45, 7) is 1.19. The number of methoxy groups -OCH3 is 2. The standard InChI is InChI=1S/C23H24N4O3S/c1-29-14-13-27-21(20(25-23(27)31)18-9-3-4-11-24-18)19-10-6-12-26(19)17-8-5-7-16(15-17)22(28)30-2/h3-12,15,20-21H,13-14H2,1-2H3,(H,25,31)/t20-,21-/m0/s1. The van der Waals surface area contributed by atoms with Gasteiger partial charge in [-0.25, -0.2) is 4.79 Å². The number of benzene rings is 1. The monoisotopic (exact) mass is 436 g/mol. The van der Waals surface area contributed by atoms with Crippen LogP contribution in [-0.2, 0) is 9.47 Å². The van der Waals surface area contributed by atoms with Gasteiger partial charge in [-0.3, -0.25) is 4.98 Å². The van der Waals surface area contributed by atoms with Crippen molar-refractivity contribution in [3.05, 3.63) is 83.9 Å². The molecule has 1 fully saturated rings. The molecule has 2 atom stereocenters. The van der Waals surface area contributed by atoms with Crippen LogP contribution in [0.15, 0.2) is 67.0 Å². The van der Waals surface area contributed by atoms with E-state index < -0.39 is 0 Å². The Morgan fingerprint density at radius 1 is 1.16 bits per heavy atom. The van der Waals surface area contributed by atoms with Gasteiger partial charge in [0.1, 0.15) is 0 Å². The number of carbonyl (C=O) groups is 1. The molecular weight excluding hydrogens is 412 g/mol. The molecule has 1 aromatic carbocycles. The normalized spacial score (nSPS) is 18.1. The van der Waals surface area contributed by atoms with Crippen molar-refractivity contribution >= 4 is 23.3 Å². The molecule has 1 N–H and O–H groups in total. The van der Waals surface area contributed by atoms with Crippen molar-refractivity contribution < 1.29 is 14.3 Å². The molecule has 0 unspecified atom stereocenters. The third kappa shape index (κ3) is 4.17. The summed E-state index contributed by atoms with van der Waals surface area (Å²) in [7, 11) is 3.06. The zero-order valence-electron chi connectivity index (χ0n) is 17.4. The van der Waals surface area contributed by atoms with Crippen molar-refractivity contribution in [1.29, 1.82) is 0 Å². The molecule has 160 valence electrons. The predicted molar refractivity (Wildman–Crippen MR) is 121 cm³/mol. The van der Waals surface area contributed by atoms with Crippen LogP contribution in [0.2, 0.25) is 0 Å². The maximum atomic E-state index is 12.0. The van der Waals surface area contributed by atoms with Crippen molar-refractivity contribution in [3.63, 3.8) is 0 Å². The Morgan fingerprint density at radius 2 is 2.03 bits per heavy atom. The number of hydrogen-bond donors (Lipinski definition) is 1. The quantitative estimate of drug-likeness (QED) is 0.450. The first kappa shape index (κ1) is 21.0. The highest BCUT2D eigenvalue weighted by Crippen LogP contribution is 2.39. The van der Waals surface area contributed by atoms with Gasteiger partial charge in [0.2, 0.25) is 0 Å². The molecule has 2 aromatic heterocycles. The summed E-state index contributed by atoms with van der Waals surface area (Å²) in [5, 5.41) is 4.10. The number of aromatic nitrogens is 2. The number of ether oxygens (including phenoxy) is 2. The first-order chi connectivity index (χ1) is 15.1. The summed E-state index contributed by atoms with van der Waals surface area (Å²) in [6.07, 6.45) is 3.77. The van der Waals surface area contributed by atoms with Crippen LogP contribution in [-0.4, -0.2) is 52.9 Å². The second-order valence-corrected chi connectivity index (χ2v) is 7.54. The number of hydrogen-bond acceptors (Lipinski definition) is 5. The van der Waals surface area contributed by atoms with E-state index >= 15 is 0 Å². The maximum Gasteiger partial charge on any atom is 0.337 e. The van der Waals surface area contributed by atoms with Crippen LogP contribution in [0.3, 0.4) is 0 Å². The summed E-state index contributed by atoms with van der Waals surface area (Å²) in [5.74, 6) is -0.368. The van der Waals surface area contributed by atoms with Gasteiger partial charge in [0.25, 0.3) is 0 Å². The molecule has 0 amide bonds. The van der Waals surface area contributed by atoms with E-state index in [4.69, 9.17) is 21.7 Å². The Morgan fingerprint density at radius 3 is 2.77 bits per heavy atom. The topological polar surface area (TPSA) is 68.6 Å². The molecule has 3 heterocycles. The first-order valence-corrected chi connectivity index (χ1v) is 10.4. The second kappa shape index (κ2) is 9.28. The molecule has 31 heavy (non-hydrogen) atoms. The Balaban J connectivity index is 1.78. The Hall–Kier alpha value is -3.23. The largest absolute Gasteiger partial charge is 0.465 e. The molecule has 1 saturated heterocycles. The summed E-state index contributed by atoms with van der Waals surface area (Å²) >= 11 is 5.67. The van der Waals surface area contributed by atoms with E-state index in [-0.39, 0.29) is 18.1 Å². The average molecular weight is 437 g/mol. The number of pyridine rings is 1. The molecule has 0 spiro atoms. The zero-order chi connectivity index (χ0) is 21.8. The van der Waals surface area contributed by atoms with Crippen molar-refractivity contribution in [2.24, 2.45) is 0 Å². The fourth-order valence-electron chi connectivity index (χ4n) is 3.93. The second-order valence-electron chi connectivity index (χ2n) is 7.16. The summed E-state index contributed by atoms with van der Waals surface area (Å²) in [4.78, 5) is 18.7. The van der Waals surface area contributed by atoms with E-state index in [1.54, 1.807) is 19.4 Å². The van der Waals surface area contributed by atoms with E-state index in [9.17, 15) is 4.79 Å². The molecule has 8 heteroatoms. The first-order valence-electron chi connectivity index (χ1n) is 9.97. The summed E-state index contributed by atoms with van der Waals surface area (Å²) in [6, 6.07) is 17.1. The lowest BCUT2D eigenvalue weighted by Gasteiger charge is -2.28. The summed E-state index contributed by atoms with van der Waals surface area (Å²) < 4.78 is 12.3. The number of carbonyl (C=O) groups excluding carboxylic acids is 1. The number of thiocarbonyl (C=S) groups is 1. The molecule has 1 aliphatic heterocycles. The molecule has 1 aliphatic rings. The van der Waals surface area contributed by atoms with Crippen LogP contribution < -0.4 is 5.32 Å². The van der Waals surface area contributed by atoms with Gasteiger partial charge in [-0.15, -0.1) is 0 Å². The third-order valence-electron chi connectivity index (χ3n) is 5.36. The van der Waals surface area contributed by atoms with Crippen molar-refractivity contribution in [2.75, 3.05) is 27.4 Å². The van der Waals surface area contributed by atoms with Crippen LogP contribution in [0.4, 0.5) is 0 Å². The lowest BCUT2D eigenvalue weighted by atomic mass is 10.0. The highest BCUT2D eigenvalue weighted by molar-refractivity contribution is 7.80. The SMILES string of the molecule is COCCN1C(=S)N[C@@H](c2ccccn2)[C@@H]1c1cccn1-c1cccc(C(=O)OC)c1. The number of rotatable bonds is 7. The minimum atomic E-state index is -0.368. The fraction of sp³-hybridized carbons (Fsp3) is 0.261. The van der Waals surface area contributed by atoms with Crippen LogP contribution in [0, 0.1) is 0 Å². The molecule has 4 rings (SSSR count). The molecule has 0 bridgehead atoms. The van der Waals surface area contributed by atoms with E-state index in [0.29, 0.717) is 23.8 Å². The van der Waals surface area contributed by atoms with Gasteiger partial charge >= 0.3 is 5.97 Å². The number of nitrogens with one attached hydrogen (secondary N) is 1. The van der Waals surface area contributed by atoms with Crippen LogP contribution in [0.1, 0.15) is 33.8 Å². The molecule has 0 saturated carbocycles. The highest BCUT2D eigenvalue weighted by atomic mass is 32.1. The van der Waals surface area contributed by atoms with Gasteiger partial charge in [0.05, 0.1) is 37.1 Å². The van der Waals surface area contributed by atoms with Gasteiger partial charge in [0, 0.05) is 37.4 Å². The van der Waals surface area contributed by atoms with Gasteiger partial charge in [-0.1, -0.05) is 12.1 Å². The van der Waals surface area contributed by atoms with Crippen LogP contribution in [0.5, 0.6) is 0 Å². The van der Waals surface area contributed by atoms with Crippen LogP contribution >= 0.6 is 12.2 Å². The smallest absolute Gasteiger partial charge is 0.337 e. The molecule has 0 aliphatic carbocycles. The number of nitrogens with zero attached hydrogens (tertiary/aromatic N) is 3. The fourth-order valence-corrected chi connectivity index (χ4v) is 4.26. The minimum absolute atomic E-state index is 0.102. The van der Waals surface area contributed by atoms with Crippen molar-refractivity contribution in [3.8, 4) is 5.69 Å². The molecule has 7 nitrogen and oxygen atoms in total. The van der Waals surface area contributed by atoms with E-state index in [2.05, 4.69) is 25.8 Å². The lowest BCUT2D eigenvalue weighted by molar-refractivity contribution is 0.0600. The van der Waals surface area contributed by atoms with Crippen LogP contribution in [0.25, 0.3) is 5.69 Å². The Labute approximate surface area is 186 Å². The van der Waals surface area contributed by atoms with E-state index in [0.717, 1.165) is 17.1 Å². The number of esters is 1. The third-order valence-corrected chi connectivity index (χ3v) is 5.72. The predicted octanol–water partition coefficient (Wildman–Crippen LogP) is 3.28.